The Bertz CT molecular complexity index is 1140. The number of ether oxygens (including phenoxy) is 1. The Hall–Kier alpha value is -2.10. The molecule has 2 aromatic rings. The van der Waals surface area contributed by atoms with Crippen LogP contribution in [-0.4, -0.2) is 22.4 Å². The topological polar surface area (TPSA) is 44.1 Å². The molecule has 1 aromatic heterocycles. The molecule has 3 fully saturated rings. The summed E-state index contributed by atoms with van der Waals surface area (Å²) in [5.41, 5.74) is 5.64. The van der Waals surface area contributed by atoms with Crippen molar-refractivity contribution in [1.82, 2.24) is 9.78 Å². The maximum atomic E-state index is 13.2. The summed E-state index contributed by atoms with van der Waals surface area (Å²) in [5.74, 6) is 1.06. The minimum Gasteiger partial charge on any atom is -0.466 e. The van der Waals surface area contributed by atoms with E-state index in [-0.39, 0.29) is 27.6 Å². The highest BCUT2D eigenvalue weighted by atomic mass is 16.5. The molecule has 0 radical (unpaired) electrons. The number of carbonyl (C=O) groups excluding carboxylic acids is 1. The van der Waals surface area contributed by atoms with Gasteiger partial charge in [-0.15, -0.1) is 0 Å². The van der Waals surface area contributed by atoms with E-state index in [9.17, 15) is 4.79 Å². The molecule has 0 aliphatic heterocycles. The van der Waals surface area contributed by atoms with E-state index in [1.807, 2.05) is 6.92 Å². The zero-order valence-corrected chi connectivity index (χ0v) is 21.6. The molecule has 1 aromatic carbocycles. The summed E-state index contributed by atoms with van der Waals surface area (Å²) in [6.45, 7) is 11.8. The predicted octanol–water partition coefficient (Wildman–Crippen LogP) is 6.66. The molecule has 0 N–H and O–H groups in total. The molecule has 3 saturated carbocycles. The van der Waals surface area contributed by atoms with Crippen LogP contribution in [0.2, 0.25) is 0 Å². The van der Waals surface area contributed by atoms with E-state index >= 15 is 0 Å². The van der Waals surface area contributed by atoms with Crippen molar-refractivity contribution in [3.05, 3.63) is 47.3 Å². The van der Waals surface area contributed by atoms with E-state index in [2.05, 4.69) is 62.8 Å². The summed E-state index contributed by atoms with van der Waals surface area (Å²) in [4.78, 5) is 13.2. The summed E-state index contributed by atoms with van der Waals surface area (Å²) in [7, 11) is 0. The minimum atomic E-state index is -0.348. The van der Waals surface area contributed by atoms with Crippen molar-refractivity contribution in [2.45, 2.75) is 96.8 Å². The predicted molar refractivity (Wildman–Crippen MR) is 134 cm³/mol. The maximum Gasteiger partial charge on any atom is 0.312 e. The van der Waals surface area contributed by atoms with Gasteiger partial charge in [0.25, 0.3) is 0 Å². The molecule has 6 rings (SSSR count). The van der Waals surface area contributed by atoms with Crippen LogP contribution < -0.4 is 0 Å². The van der Waals surface area contributed by atoms with Gasteiger partial charge in [-0.25, -0.2) is 4.68 Å². The largest absolute Gasteiger partial charge is 0.466 e. The number of nitrogens with zero attached hydrogens (tertiary/aromatic N) is 2. The number of aryl methyl sites for hydroxylation is 1. The molecule has 0 amide bonds. The van der Waals surface area contributed by atoms with Crippen molar-refractivity contribution in [2.24, 2.45) is 22.7 Å². The number of fused-ring (bicyclic) bond motifs is 5. The molecule has 4 aliphatic carbocycles. The minimum absolute atomic E-state index is 0.0434. The number of hydrogen-bond donors (Lipinski definition) is 0. The molecule has 0 unspecified atom stereocenters. The smallest absolute Gasteiger partial charge is 0.312 e. The zero-order valence-electron chi connectivity index (χ0n) is 21.6. The lowest BCUT2D eigenvalue weighted by Gasteiger charge is -2.64. The first-order valence-electron chi connectivity index (χ1n) is 13.5. The molecule has 34 heavy (non-hydrogen) atoms. The Morgan fingerprint density at radius 3 is 2.53 bits per heavy atom. The average molecular weight is 461 g/mol. The molecule has 4 nitrogen and oxygen atoms in total. The zero-order chi connectivity index (χ0) is 23.9. The third kappa shape index (κ3) is 2.72. The highest BCUT2D eigenvalue weighted by molar-refractivity contribution is 5.77. The normalized spacial score (nSPS) is 40.3. The molecule has 4 aliphatic rings. The summed E-state index contributed by atoms with van der Waals surface area (Å²) in [6, 6.07) is 8.82. The molecule has 182 valence electrons. The van der Waals surface area contributed by atoms with Crippen LogP contribution in [0.1, 0.15) is 95.9 Å². The van der Waals surface area contributed by atoms with Crippen molar-refractivity contribution >= 4 is 5.97 Å². The lowest BCUT2D eigenvalue weighted by atomic mass is 9.40. The Morgan fingerprint density at radius 1 is 1.06 bits per heavy atom. The monoisotopic (exact) mass is 460 g/mol. The lowest BCUT2D eigenvalue weighted by Crippen LogP contribution is -2.60. The van der Waals surface area contributed by atoms with Gasteiger partial charge in [0.1, 0.15) is 0 Å². The van der Waals surface area contributed by atoms with Crippen LogP contribution in [0.4, 0.5) is 0 Å². The van der Waals surface area contributed by atoms with Crippen molar-refractivity contribution in [3.8, 4) is 5.69 Å². The first-order chi connectivity index (χ1) is 16.2. The van der Waals surface area contributed by atoms with Gasteiger partial charge in [-0.2, -0.15) is 5.10 Å². The van der Waals surface area contributed by atoms with Crippen LogP contribution >= 0.6 is 0 Å². The number of aromatic nitrogens is 2. The fourth-order valence-electron chi connectivity index (χ4n) is 9.59. The molecule has 6 atom stereocenters. The summed E-state index contributed by atoms with van der Waals surface area (Å²) >= 11 is 0. The number of hydrogen-bond acceptors (Lipinski definition) is 3. The Morgan fingerprint density at radius 2 is 1.79 bits per heavy atom. The summed E-state index contributed by atoms with van der Waals surface area (Å²) in [6.07, 6.45) is 11.5. The van der Waals surface area contributed by atoms with E-state index in [0.717, 1.165) is 19.3 Å². The SMILES string of the molecule is CCOC(=O)[C@]1(C)CCC[C@@]2(C)[C@@H]3CC[C@@]4(C)C[C@]3(CC[C@@H]21)c1cnn(-c2ccc(C)cc2)c14. The van der Waals surface area contributed by atoms with Crippen molar-refractivity contribution in [2.75, 3.05) is 6.61 Å². The van der Waals surface area contributed by atoms with Crippen LogP contribution in [0.25, 0.3) is 5.69 Å². The van der Waals surface area contributed by atoms with Crippen LogP contribution in [0.5, 0.6) is 0 Å². The van der Waals surface area contributed by atoms with Gasteiger partial charge in [-0.3, -0.25) is 4.79 Å². The van der Waals surface area contributed by atoms with Crippen LogP contribution in [-0.2, 0) is 20.4 Å². The second-order valence-electron chi connectivity index (χ2n) is 12.7. The molecule has 4 heteroatoms. The van der Waals surface area contributed by atoms with Gasteiger partial charge < -0.3 is 4.74 Å². The second kappa shape index (κ2) is 7.21. The molecular formula is C30H40N2O2. The fourth-order valence-corrected chi connectivity index (χ4v) is 9.59. The van der Waals surface area contributed by atoms with E-state index in [1.54, 1.807) is 0 Å². The maximum absolute atomic E-state index is 13.2. The number of esters is 1. The van der Waals surface area contributed by atoms with Gasteiger partial charge in [0.2, 0.25) is 0 Å². The molecule has 2 bridgehead atoms. The van der Waals surface area contributed by atoms with E-state index in [4.69, 9.17) is 9.84 Å². The van der Waals surface area contributed by atoms with Crippen molar-refractivity contribution in [3.63, 3.8) is 0 Å². The Kier molecular flexibility index (Phi) is 4.74. The highest BCUT2D eigenvalue weighted by Crippen LogP contribution is 2.73. The highest BCUT2D eigenvalue weighted by Gasteiger charge is 2.68. The third-order valence-electron chi connectivity index (χ3n) is 10.9. The Labute approximate surface area is 204 Å². The molecule has 1 heterocycles. The lowest BCUT2D eigenvalue weighted by molar-refractivity contribution is -0.180. The van der Waals surface area contributed by atoms with Gasteiger partial charge in [0.05, 0.1) is 29.6 Å². The Balaban J connectivity index is 1.44. The summed E-state index contributed by atoms with van der Waals surface area (Å²) in [5, 5.41) is 5.00. The van der Waals surface area contributed by atoms with Gasteiger partial charge in [-0.1, -0.05) is 38.0 Å². The molecule has 0 saturated heterocycles. The van der Waals surface area contributed by atoms with Gasteiger partial charge >= 0.3 is 5.97 Å². The van der Waals surface area contributed by atoms with Crippen molar-refractivity contribution in [1.29, 1.82) is 0 Å². The van der Waals surface area contributed by atoms with Crippen molar-refractivity contribution < 1.29 is 9.53 Å². The van der Waals surface area contributed by atoms with Gasteiger partial charge in [0.15, 0.2) is 0 Å². The standard InChI is InChI=1S/C30H40N2O2/c1-6-34-26(33)29(5)15-7-14-28(4)23(29)13-17-30-19-27(3,16-12-24(28)30)25-22(30)18-31-32(25)21-10-8-20(2)9-11-21/h8-11,18,23-24H,6-7,12-17,19H2,1-5H3/t23-,24-,27-,28+,29+,30+/m0/s1. The van der Waals surface area contributed by atoms with Crippen LogP contribution in [0.3, 0.4) is 0 Å². The number of rotatable bonds is 3. The average Bonchev–Trinajstić information content (AvgIpc) is 3.32. The number of benzene rings is 1. The van der Waals surface area contributed by atoms with E-state index < -0.39 is 0 Å². The van der Waals surface area contributed by atoms with Crippen LogP contribution in [0, 0.1) is 29.6 Å². The molecular weight excluding hydrogens is 420 g/mol. The van der Waals surface area contributed by atoms with Gasteiger partial charge in [0, 0.05) is 16.4 Å². The van der Waals surface area contributed by atoms with Gasteiger partial charge in [-0.05, 0) is 95.1 Å². The third-order valence-corrected chi connectivity index (χ3v) is 10.9. The fraction of sp³-hybridized carbons (Fsp3) is 0.667. The summed E-state index contributed by atoms with van der Waals surface area (Å²) < 4.78 is 7.91. The second-order valence-corrected chi connectivity index (χ2v) is 12.7. The first kappa shape index (κ1) is 22.4. The van der Waals surface area contributed by atoms with Crippen LogP contribution in [0.15, 0.2) is 30.5 Å². The number of carbonyl (C=O) groups is 1. The van der Waals surface area contributed by atoms with E-state index in [1.165, 1.54) is 54.6 Å². The van der Waals surface area contributed by atoms with E-state index in [0.29, 0.717) is 18.4 Å². The first-order valence-corrected chi connectivity index (χ1v) is 13.5. The molecule has 1 spiro atoms. The quantitative estimate of drug-likeness (QED) is 0.481.